The number of halogens is 1. The Bertz CT molecular complexity index is 64.1. The predicted molar refractivity (Wildman–Crippen MR) is 35.9 cm³/mol. The molecule has 0 atom stereocenters. The van der Waals surface area contributed by atoms with Crippen LogP contribution < -0.4 is 4.84 Å². The monoisotopic (exact) mass is 328 g/mol. The van der Waals surface area contributed by atoms with Gasteiger partial charge in [-0.3, -0.25) is 0 Å². The van der Waals surface area contributed by atoms with Crippen LogP contribution in [0.2, 0.25) is 0 Å². The fourth-order valence-electron chi connectivity index (χ4n) is 1.21. The summed E-state index contributed by atoms with van der Waals surface area (Å²) < 4.78 is 0. The first-order valence-electron chi connectivity index (χ1n) is 3.29. The summed E-state index contributed by atoms with van der Waals surface area (Å²) in [6, 6.07) is 0.602. The summed E-state index contributed by atoms with van der Waals surface area (Å²) in [5.74, 6) is 0. The SMILES string of the molecule is ClNC1CCCCC1.[Pt]. The summed E-state index contributed by atoms with van der Waals surface area (Å²) in [6.45, 7) is 0. The van der Waals surface area contributed by atoms with Crippen LogP contribution in [0.25, 0.3) is 0 Å². The molecule has 0 unspecified atom stereocenters. The van der Waals surface area contributed by atoms with E-state index >= 15 is 0 Å². The van der Waals surface area contributed by atoms with Crippen LogP contribution in [0, 0.1) is 0 Å². The zero-order valence-electron chi connectivity index (χ0n) is 5.31. The molecule has 1 rings (SSSR count). The summed E-state index contributed by atoms with van der Waals surface area (Å²) in [5, 5.41) is 0. The van der Waals surface area contributed by atoms with E-state index in [0.717, 1.165) is 0 Å². The minimum atomic E-state index is 0. The van der Waals surface area contributed by atoms with Crippen molar-refractivity contribution in [3.8, 4) is 0 Å². The van der Waals surface area contributed by atoms with Gasteiger partial charge in [0.05, 0.1) is 0 Å². The summed E-state index contributed by atoms with van der Waals surface area (Å²) in [7, 11) is 0. The molecule has 0 bridgehead atoms. The van der Waals surface area contributed by atoms with Crippen LogP contribution in [0.4, 0.5) is 0 Å². The van der Waals surface area contributed by atoms with Gasteiger partial charge in [0.15, 0.2) is 0 Å². The van der Waals surface area contributed by atoms with Crippen molar-refractivity contribution in [2.75, 3.05) is 0 Å². The molecule has 0 aromatic heterocycles. The van der Waals surface area contributed by atoms with E-state index in [1.165, 1.54) is 32.1 Å². The first-order valence-corrected chi connectivity index (χ1v) is 3.67. The van der Waals surface area contributed by atoms with Crippen molar-refractivity contribution in [2.24, 2.45) is 0 Å². The molecule has 0 amide bonds. The van der Waals surface area contributed by atoms with Crippen LogP contribution in [0.15, 0.2) is 0 Å². The Kier molecular flexibility index (Phi) is 6.30. The van der Waals surface area contributed by atoms with Gasteiger partial charge in [0.1, 0.15) is 0 Å². The fraction of sp³-hybridized carbons (Fsp3) is 1.00. The van der Waals surface area contributed by atoms with Gasteiger partial charge in [-0.05, 0) is 24.6 Å². The third-order valence-electron chi connectivity index (χ3n) is 1.76. The Balaban J connectivity index is 0.000000640. The largest absolute Gasteiger partial charge is 0.230 e. The van der Waals surface area contributed by atoms with Crippen molar-refractivity contribution in [1.29, 1.82) is 0 Å². The second-order valence-corrected chi connectivity index (χ2v) is 2.66. The number of hydrogen-bond donors (Lipinski definition) is 1. The van der Waals surface area contributed by atoms with Crippen LogP contribution in [-0.4, -0.2) is 6.04 Å². The summed E-state index contributed by atoms with van der Waals surface area (Å²) in [4.78, 5) is 2.78. The van der Waals surface area contributed by atoms with Gasteiger partial charge < -0.3 is 0 Å². The molecule has 1 aliphatic rings. The maximum atomic E-state index is 5.43. The summed E-state index contributed by atoms with van der Waals surface area (Å²) in [5.41, 5.74) is 0. The van der Waals surface area contributed by atoms with Gasteiger partial charge in [-0.15, -0.1) is 0 Å². The smallest absolute Gasteiger partial charge is 0.0220 e. The van der Waals surface area contributed by atoms with E-state index in [4.69, 9.17) is 11.8 Å². The van der Waals surface area contributed by atoms with E-state index in [9.17, 15) is 0 Å². The van der Waals surface area contributed by atoms with Gasteiger partial charge in [-0.2, -0.15) is 0 Å². The molecule has 0 heterocycles. The molecule has 0 saturated heterocycles. The number of hydrogen-bond acceptors (Lipinski definition) is 1. The van der Waals surface area contributed by atoms with Crippen LogP contribution in [-0.2, 0) is 21.1 Å². The third kappa shape index (κ3) is 3.60. The Morgan fingerprint density at radius 1 is 1.11 bits per heavy atom. The van der Waals surface area contributed by atoms with Gasteiger partial charge in [-0.25, -0.2) is 4.84 Å². The number of rotatable bonds is 1. The predicted octanol–water partition coefficient (Wildman–Crippen LogP) is 2.06. The van der Waals surface area contributed by atoms with E-state index in [0.29, 0.717) is 6.04 Å². The minimum Gasteiger partial charge on any atom is -0.230 e. The molecule has 0 radical (unpaired) electrons. The molecule has 0 aliphatic heterocycles. The van der Waals surface area contributed by atoms with Crippen molar-refractivity contribution < 1.29 is 21.1 Å². The first-order chi connectivity index (χ1) is 3.93. The minimum absolute atomic E-state index is 0. The molecule has 1 fully saturated rings. The third-order valence-corrected chi connectivity index (χ3v) is 2.07. The Morgan fingerprint density at radius 2 is 1.67 bits per heavy atom. The second kappa shape index (κ2) is 5.70. The average Bonchev–Trinajstić information content (AvgIpc) is 1.90. The topological polar surface area (TPSA) is 12.0 Å². The van der Waals surface area contributed by atoms with Crippen molar-refractivity contribution in [3.05, 3.63) is 0 Å². The Labute approximate surface area is 75.9 Å². The molecule has 0 aromatic rings. The van der Waals surface area contributed by atoms with Gasteiger partial charge in [0.2, 0.25) is 0 Å². The van der Waals surface area contributed by atoms with E-state index < -0.39 is 0 Å². The maximum absolute atomic E-state index is 5.43. The van der Waals surface area contributed by atoms with Crippen molar-refractivity contribution in [2.45, 2.75) is 38.1 Å². The Morgan fingerprint density at radius 3 is 2.00 bits per heavy atom. The molecular weight excluding hydrogens is 317 g/mol. The normalized spacial score (nSPS) is 21.0. The van der Waals surface area contributed by atoms with Crippen LogP contribution in [0.1, 0.15) is 32.1 Å². The fourth-order valence-corrected chi connectivity index (χ4v) is 1.43. The second-order valence-electron chi connectivity index (χ2n) is 2.44. The molecule has 3 heteroatoms. The standard InChI is InChI=1S/C6H12ClN.Pt/c7-8-6-4-2-1-3-5-6;/h6,8H,1-5H2;. The van der Waals surface area contributed by atoms with E-state index in [2.05, 4.69) is 4.84 Å². The Hall–Kier alpha value is 0.938. The van der Waals surface area contributed by atoms with Crippen molar-refractivity contribution in [1.82, 2.24) is 4.84 Å². The maximum Gasteiger partial charge on any atom is 0.0220 e. The van der Waals surface area contributed by atoms with Crippen LogP contribution in [0.3, 0.4) is 0 Å². The van der Waals surface area contributed by atoms with Gasteiger partial charge in [0.25, 0.3) is 0 Å². The van der Waals surface area contributed by atoms with Gasteiger partial charge >= 0.3 is 0 Å². The first kappa shape index (κ1) is 9.94. The van der Waals surface area contributed by atoms with E-state index in [1.807, 2.05) is 0 Å². The molecule has 1 N–H and O–H groups in total. The summed E-state index contributed by atoms with van der Waals surface area (Å²) in [6.07, 6.45) is 6.64. The molecule has 58 valence electrons. The van der Waals surface area contributed by atoms with Crippen LogP contribution >= 0.6 is 11.8 Å². The van der Waals surface area contributed by atoms with Crippen molar-refractivity contribution in [3.63, 3.8) is 0 Å². The molecular formula is C6H12ClNPt. The van der Waals surface area contributed by atoms with Crippen LogP contribution in [0.5, 0.6) is 0 Å². The molecule has 0 spiro atoms. The van der Waals surface area contributed by atoms with E-state index in [1.54, 1.807) is 0 Å². The quantitative estimate of drug-likeness (QED) is 0.727. The molecule has 1 saturated carbocycles. The molecule has 1 nitrogen and oxygen atoms in total. The van der Waals surface area contributed by atoms with E-state index in [-0.39, 0.29) is 21.1 Å². The average molecular weight is 329 g/mol. The molecule has 1 aliphatic carbocycles. The zero-order valence-corrected chi connectivity index (χ0v) is 8.34. The van der Waals surface area contributed by atoms with Gasteiger partial charge in [0, 0.05) is 27.1 Å². The molecule has 0 aromatic carbocycles. The number of nitrogens with one attached hydrogen (secondary N) is 1. The molecule has 9 heavy (non-hydrogen) atoms. The van der Waals surface area contributed by atoms with Gasteiger partial charge in [-0.1, -0.05) is 19.3 Å². The summed E-state index contributed by atoms with van der Waals surface area (Å²) >= 11 is 5.43. The van der Waals surface area contributed by atoms with Crippen molar-refractivity contribution >= 4 is 11.8 Å². The zero-order chi connectivity index (χ0) is 5.82.